The summed E-state index contributed by atoms with van der Waals surface area (Å²) in [4.78, 5) is 10.6. The fourth-order valence-corrected chi connectivity index (χ4v) is 4.46. The van der Waals surface area contributed by atoms with Crippen LogP contribution in [-0.2, 0) is 6.42 Å². The zero-order chi connectivity index (χ0) is 12.8. The first-order valence-corrected chi connectivity index (χ1v) is 7.85. The molecule has 0 amide bonds. The molecule has 1 atom stereocenters. The molecule has 0 aliphatic heterocycles. The van der Waals surface area contributed by atoms with E-state index in [2.05, 4.69) is 24.1 Å². The van der Waals surface area contributed by atoms with Gasteiger partial charge in [-0.15, -0.1) is 22.7 Å². The standard InChI is InChI=1S/C13H17N3S2/c1-13(2)6-8(14-3)10-9(7-13)16-12(18-10)11-15-4-5-17-11/h4-5,8,14H,6-7H2,1-3H3. The first-order valence-electron chi connectivity index (χ1n) is 6.16. The normalized spacial score (nSPS) is 21.8. The molecule has 0 saturated carbocycles. The van der Waals surface area contributed by atoms with E-state index >= 15 is 0 Å². The molecule has 0 radical (unpaired) electrons. The maximum Gasteiger partial charge on any atom is 0.152 e. The van der Waals surface area contributed by atoms with E-state index < -0.39 is 0 Å². The summed E-state index contributed by atoms with van der Waals surface area (Å²) in [6, 6.07) is 0.440. The zero-order valence-corrected chi connectivity index (χ0v) is 12.5. The van der Waals surface area contributed by atoms with Crippen molar-refractivity contribution in [3.8, 4) is 10.0 Å². The molecule has 5 heteroatoms. The van der Waals surface area contributed by atoms with Crippen LogP contribution < -0.4 is 5.32 Å². The molecule has 0 spiro atoms. The van der Waals surface area contributed by atoms with Gasteiger partial charge in [-0.2, -0.15) is 0 Å². The van der Waals surface area contributed by atoms with Gasteiger partial charge in [0.2, 0.25) is 0 Å². The summed E-state index contributed by atoms with van der Waals surface area (Å²) >= 11 is 3.47. The molecule has 1 aliphatic carbocycles. The Morgan fingerprint density at radius 2 is 2.22 bits per heavy atom. The van der Waals surface area contributed by atoms with Crippen molar-refractivity contribution in [2.24, 2.45) is 5.41 Å². The molecule has 18 heavy (non-hydrogen) atoms. The highest BCUT2D eigenvalue weighted by molar-refractivity contribution is 7.20. The fourth-order valence-electron chi connectivity index (χ4n) is 2.59. The monoisotopic (exact) mass is 279 g/mol. The van der Waals surface area contributed by atoms with E-state index in [4.69, 9.17) is 4.98 Å². The van der Waals surface area contributed by atoms with Gasteiger partial charge in [-0.1, -0.05) is 13.8 Å². The fraction of sp³-hybridized carbons (Fsp3) is 0.538. The third kappa shape index (κ3) is 2.11. The SMILES string of the molecule is CNC1CC(C)(C)Cc2nc(-c3nccs3)sc21. The number of rotatable bonds is 2. The van der Waals surface area contributed by atoms with Crippen LogP contribution >= 0.6 is 22.7 Å². The number of fused-ring (bicyclic) bond motifs is 1. The lowest BCUT2D eigenvalue weighted by Gasteiger charge is -2.34. The molecule has 3 rings (SSSR count). The highest BCUT2D eigenvalue weighted by Gasteiger charge is 2.34. The highest BCUT2D eigenvalue weighted by atomic mass is 32.1. The summed E-state index contributed by atoms with van der Waals surface area (Å²) in [6.45, 7) is 4.64. The number of hydrogen-bond donors (Lipinski definition) is 1. The van der Waals surface area contributed by atoms with Gasteiger partial charge in [0.1, 0.15) is 0 Å². The third-order valence-electron chi connectivity index (χ3n) is 3.41. The van der Waals surface area contributed by atoms with Crippen LogP contribution in [0.15, 0.2) is 11.6 Å². The van der Waals surface area contributed by atoms with E-state index in [0.29, 0.717) is 11.5 Å². The summed E-state index contributed by atoms with van der Waals surface area (Å²) in [5.41, 5.74) is 1.59. The van der Waals surface area contributed by atoms with Gasteiger partial charge in [-0.3, -0.25) is 0 Å². The van der Waals surface area contributed by atoms with Crippen LogP contribution in [0.5, 0.6) is 0 Å². The van der Waals surface area contributed by atoms with Gasteiger partial charge in [0.05, 0.1) is 5.69 Å². The summed E-state index contributed by atoms with van der Waals surface area (Å²) in [5.74, 6) is 0. The van der Waals surface area contributed by atoms with Crippen LogP contribution in [-0.4, -0.2) is 17.0 Å². The van der Waals surface area contributed by atoms with Gasteiger partial charge in [0, 0.05) is 22.5 Å². The first-order chi connectivity index (χ1) is 8.59. The third-order valence-corrected chi connectivity index (χ3v) is 5.54. The topological polar surface area (TPSA) is 37.8 Å². The first kappa shape index (κ1) is 12.3. The zero-order valence-electron chi connectivity index (χ0n) is 10.9. The molecule has 0 aromatic carbocycles. The molecular formula is C13H17N3S2. The van der Waals surface area contributed by atoms with Crippen molar-refractivity contribution < 1.29 is 0 Å². The molecule has 1 unspecified atom stereocenters. The molecule has 2 heterocycles. The summed E-state index contributed by atoms with van der Waals surface area (Å²) < 4.78 is 0. The molecule has 3 nitrogen and oxygen atoms in total. The Hall–Kier alpha value is -0.780. The molecule has 2 aromatic heterocycles. The van der Waals surface area contributed by atoms with Crippen molar-refractivity contribution in [3.63, 3.8) is 0 Å². The average Bonchev–Trinajstić information content (AvgIpc) is 2.93. The van der Waals surface area contributed by atoms with Gasteiger partial charge >= 0.3 is 0 Å². The Balaban J connectivity index is 2.03. The van der Waals surface area contributed by atoms with Gasteiger partial charge in [0.25, 0.3) is 0 Å². The Morgan fingerprint density at radius 1 is 1.39 bits per heavy atom. The number of thiazole rings is 2. The van der Waals surface area contributed by atoms with Crippen molar-refractivity contribution in [3.05, 3.63) is 22.1 Å². The van der Waals surface area contributed by atoms with E-state index in [1.807, 2.05) is 18.6 Å². The van der Waals surface area contributed by atoms with Crippen molar-refractivity contribution >= 4 is 22.7 Å². The minimum atomic E-state index is 0.328. The Bertz CT molecular complexity index is 543. The van der Waals surface area contributed by atoms with E-state index in [1.165, 1.54) is 17.0 Å². The average molecular weight is 279 g/mol. The van der Waals surface area contributed by atoms with Crippen LogP contribution in [0.3, 0.4) is 0 Å². The van der Waals surface area contributed by atoms with Crippen molar-refractivity contribution in [2.45, 2.75) is 32.7 Å². The molecule has 1 N–H and O–H groups in total. The number of nitrogens with one attached hydrogen (secondary N) is 1. The molecule has 2 aromatic rings. The second kappa shape index (κ2) is 4.40. The largest absolute Gasteiger partial charge is 0.312 e. The predicted octanol–water partition coefficient (Wildman–Crippen LogP) is 3.50. The molecular weight excluding hydrogens is 262 g/mol. The number of nitrogens with zero attached hydrogens (tertiary/aromatic N) is 2. The predicted molar refractivity (Wildman–Crippen MR) is 77.1 cm³/mol. The lowest BCUT2D eigenvalue weighted by Crippen LogP contribution is -2.30. The van der Waals surface area contributed by atoms with E-state index in [0.717, 1.165) is 16.4 Å². The Morgan fingerprint density at radius 3 is 2.89 bits per heavy atom. The Kier molecular flexibility index (Phi) is 3.00. The molecule has 1 aliphatic rings. The smallest absolute Gasteiger partial charge is 0.152 e. The molecule has 0 bridgehead atoms. The minimum absolute atomic E-state index is 0.328. The van der Waals surface area contributed by atoms with E-state index in [1.54, 1.807) is 22.7 Å². The lowest BCUT2D eigenvalue weighted by molar-refractivity contribution is 0.265. The summed E-state index contributed by atoms with van der Waals surface area (Å²) in [7, 11) is 2.04. The maximum atomic E-state index is 4.81. The number of aromatic nitrogens is 2. The highest BCUT2D eigenvalue weighted by Crippen LogP contribution is 2.44. The molecule has 0 fully saturated rings. The second-order valence-electron chi connectivity index (χ2n) is 5.55. The van der Waals surface area contributed by atoms with Crippen LogP contribution in [0.4, 0.5) is 0 Å². The summed E-state index contributed by atoms with van der Waals surface area (Å²) in [5, 5.41) is 7.56. The van der Waals surface area contributed by atoms with Gasteiger partial charge in [-0.05, 0) is 25.3 Å². The minimum Gasteiger partial charge on any atom is -0.312 e. The van der Waals surface area contributed by atoms with E-state index in [-0.39, 0.29) is 0 Å². The van der Waals surface area contributed by atoms with Crippen molar-refractivity contribution in [1.29, 1.82) is 0 Å². The van der Waals surface area contributed by atoms with Crippen LogP contribution in [0, 0.1) is 5.41 Å². The maximum absolute atomic E-state index is 4.81. The quantitative estimate of drug-likeness (QED) is 0.914. The van der Waals surface area contributed by atoms with Gasteiger partial charge < -0.3 is 5.32 Å². The van der Waals surface area contributed by atoms with Gasteiger partial charge in [-0.25, -0.2) is 9.97 Å². The van der Waals surface area contributed by atoms with Crippen molar-refractivity contribution in [1.82, 2.24) is 15.3 Å². The number of hydrogen-bond acceptors (Lipinski definition) is 5. The molecule has 0 saturated heterocycles. The van der Waals surface area contributed by atoms with E-state index in [9.17, 15) is 0 Å². The lowest BCUT2D eigenvalue weighted by atomic mass is 9.76. The van der Waals surface area contributed by atoms with Crippen LogP contribution in [0.1, 0.15) is 36.9 Å². The second-order valence-corrected chi connectivity index (χ2v) is 7.48. The van der Waals surface area contributed by atoms with Crippen molar-refractivity contribution in [2.75, 3.05) is 7.05 Å². The summed E-state index contributed by atoms with van der Waals surface area (Å²) in [6.07, 6.45) is 4.10. The van der Waals surface area contributed by atoms with Crippen LogP contribution in [0.2, 0.25) is 0 Å². The Labute approximate surface area is 115 Å². The van der Waals surface area contributed by atoms with Gasteiger partial charge in [0.15, 0.2) is 10.0 Å². The van der Waals surface area contributed by atoms with Crippen LogP contribution in [0.25, 0.3) is 10.0 Å². The molecule has 96 valence electrons.